The highest BCUT2D eigenvalue weighted by atomic mass is 32.1. The lowest BCUT2D eigenvalue weighted by Gasteiger charge is -2.30. The molecular weight excluding hydrogens is 249 g/mol. The monoisotopic (exact) mass is 270 g/mol. The van der Waals surface area contributed by atoms with E-state index < -0.39 is 12.6 Å². The fourth-order valence-corrected chi connectivity index (χ4v) is 2.71. The molecule has 0 aromatic carbocycles. The van der Waals surface area contributed by atoms with Crippen LogP contribution < -0.4 is 0 Å². The van der Waals surface area contributed by atoms with E-state index in [4.69, 9.17) is 4.74 Å². The van der Waals surface area contributed by atoms with E-state index in [0.717, 1.165) is 25.7 Å². The maximum absolute atomic E-state index is 12.0. The third-order valence-electron chi connectivity index (χ3n) is 3.44. The van der Waals surface area contributed by atoms with Gasteiger partial charge in [-0.15, -0.1) is 0 Å². The average molecular weight is 270 g/mol. The summed E-state index contributed by atoms with van der Waals surface area (Å²) in [5.74, 6) is 0.707. The zero-order chi connectivity index (χ0) is 12.8. The van der Waals surface area contributed by atoms with Crippen molar-refractivity contribution in [1.29, 1.82) is 0 Å². The summed E-state index contributed by atoms with van der Waals surface area (Å²) in [5.41, 5.74) is 0.00517. The molecule has 0 bridgehead atoms. The molecule has 0 unspecified atom stereocenters. The molecule has 1 rings (SSSR count). The Morgan fingerprint density at radius 3 is 2.12 bits per heavy atom. The number of hydrogen-bond donors (Lipinski definition) is 1. The minimum Gasteiger partial charge on any atom is -0.380 e. The van der Waals surface area contributed by atoms with Crippen LogP contribution in [0.4, 0.5) is 13.2 Å². The highest BCUT2D eigenvalue weighted by Gasteiger charge is 2.31. The van der Waals surface area contributed by atoms with E-state index in [1.165, 1.54) is 12.8 Å². The molecule has 1 nitrogen and oxygen atoms in total. The predicted octanol–water partition coefficient (Wildman–Crippen LogP) is 4.23. The van der Waals surface area contributed by atoms with Crippen molar-refractivity contribution in [3.8, 4) is 0 Å². The summed E-state index contributed by atoms with van der Waals surface area (Å²) in [4.78, 5) is 0. The van der Waals surface area contributed by atoms with Gasteiger partial charge in [-0.3, -0.25) is 0 Å². The standard InChI is InChI=1S/C12H21F3OS/c13-12(14,15)7-8-16-9-11(10-17)5-3-1-2-4-6-11/h17H,1-10H2. The van der Waals surface area contributed by atoms with E-state index in [1.807, 2.05) is 0 Å². The Morgan fingerprint density at radius 2 is 1.65 bits per heavy atom. The first-order valence-electron chi connectivity index (χ1n) is 6.23. The van der Waals surface area contributed by atoms with Crippen LogP contribution in [0, 0.1) is 5.41 Å². The number of thiol groups is 1. The van der Waals surface area contributed by atoms with Gasteiger partial charge in [0.2, 0.25) is 0 Å². The second-order valence-corrected chi connectivity index (χ2v) is 5.31. The average Bonchev–Trinajstić information content (AvgIpc) is 2.49. The van der Waals surface area contributed by atoms with E-state index in [1.54, 1.807) is 0 Å². The number of hydrogen-bond acceptors (Lipinski definition) is 2. The van der Waals surface area contributed by atoms with Crippen molar-refractivity contribution >= 4 is 12.6 Å². The molecule has 5 heteroatoms. The van der Waals surface area contributed by atoms with Gasteiger partial charge in [-0.2, -0.15) is 25.8 Å². The van der Waals surface area contributed by atoms with E-state index in [2.05, 4.69) is 12.6 Å². The third-order valence-corrected chi connectivity index (χ3v) is 4.11. The molecular formula is C12H21F3OS. The molecule has 0 aromatic heterocycles. The number of alkyl halides is 3. The zero-order valence-corrected chi connectivity index (χ0v) is 11.0. The quantitative estimate of drug-likeness (QED) is 0.447. The molecule has 0 heterocycles. The summed E-state index contributed by atoms with van der Waals surface area (Å²) >= 11 is 4.35. The van der Waals surface area contributed by atoms with Crippen molar-refractivity contribution in [3.05, 3.63) is 0 Å². The third kappa shape index (κ3) is 6.00. The van der Waals surface area contributed by atoms with Gasteiger partial charge in [0.05, 0.1) is 19.6 Å². The SMILES string of the molecule is FC(F)(F)CCOCC1(CS)CCCCCC1. The van der Waals surface area contributed by atoms with Crippen LogP contribution in [0.2, 0.25) is 0 Å². The molecule has 1 aliphatic rings. The van der Waals surface area contributed by atoms with Gasteiger partial charge >= 0.3 is 6.18 Å². The second kappa shape index (κ2) is 6.88. The highest BCUT2D eigenvalue weighted by molar-refractivity contribution is 7.80. The molecule has 0 aromatic rings. The van der Waals surface area contributed by atoms with Crippen LogP contribution in [0.1, 0.15) is 44.9 Å². The van der Waals surface area contributed by atoms with Crippen LogP contribution in [-0.4, -0.2) is 25.1 Å². The van der Waals surface area contributed by atoms with Crippen LogP contribution in [0.5, 0.6) is 0 Å². The lowest BCUT2D eigenvalue weighted by Crippen LogP contribution is -2.29. The van der Waals surface area contributed by atoms with Crippen LogP contribution in [0.3, 0.4) is 0 Å². The van der Waals surface area contributed by atoms with Crippen molar-refractivity contribution in [1.82, 2.24) is 0 Å². The molecule has 102 valence electrons. The molecule has 0 amide bonds. The molecule has 1 fully saturated rings. The lowest BCUT2D eigenvalue weighted by atomic mass is 9.83. The minimum absolute atomic E-state index is 0.00517. The Bertz CT molecular complexity index is 210. The van der Waals surface area contributed by atoms with E-state index in [9.17, 15) is 13.2 Å². The van der Waals surface area contributed by atoms with Crippen molar-refractivity contribution in [2.45, 2.75) is 51.1 Å². The molecule has 0 saturated heterocycles. The number of halogens is 3. The molecule has 0 spiro atoms. The van der Waals surface area contributed by atoms with Gasteiger partial charge in [-0.1, -0.05) is 25.7 Å². The summed E-state index contributed by atoms with van der Waals surface area (Å²) in [6, 6.07) is 0. The predicted molar refractivity (Wildman–Crippen MR) is 65.5 cm³/mol. The van der Waals surface area contributed by atoms with E-state index >= 15 is 0 Å². The Hall–Kier alpha value is 0.100. The molecule has 0 radical (unpaired) electrons. The molecule has 0 atom stereocenters. The Labute approximate surface area is 107 Å². The van der Waals surface area contributed by atoms with Crippen LogP contribution in [-0.2, 0) is 4.74 Å². The molecule has 0 aliphatic heterocycles. The first-order valence-corrected chi connectivity index (χ1v) is 6.86. The van der Waals surface area contributed by atoms with Gasteiger partial charge in [0.25, 0.3) is 0 Å². The fraction of sp³-hybridized carbons (Fsp3) is 1.00. The summed E-state index contributed by atoms with van der Waals surface area (Å²) in [6.07, 6.45) is 1.82. The number of ether oxygens (including phenoxy) is 1. The van der Waals surface area contributed by atoms with Crippen molar-refractivity contribution < 1.29 is 17.9 Å². The van der Waals surface area contributed by atoms with Crippen LogP contribution in [0.25, 0.3) is 0 Å². The molecule has 0 N–H and O–H groups in total. The summed E-state index contributed by atoms with van der Waals surface area (Å²) in [7, 11) is 0. The van der Waals surface area contributed by atoms with E-state index in [-0.39, 0.29) is 12.0 Å². The van der Waals surface area contributed by atoms with Gasteiger partial charge < -0.3 is 4.74 Å². The largest absolute Gasteiger partial charge is 0.391 e. The Balaban J connectivity index is 2.30. The lowest BCUT2D eigenvalue weighted by molar-refractivity contribution is -0.147. The summed E-state index contributed by atoms with van der Waals surface area (Å²) in [5, 5.41) is 0. The van der Waals surface area contributed by atoms with Crippen LogP contribution >= 0.6 is 12.6 Å². The molecule has 1 saturated carbocycles. The maximum atomic E-state index is 12.0. The zero-order valence-electron chi connectivity index (χ0n) is 10.1. The second-order valence-electron chi connectivity index (χ2n) is 4.99. The van der Waals surface area contributed by atoms with E-state index in [0.29, 0.717) is 12.4 Å². The van der Waals surface area contributed by atoms with Crippen LogP contribution in [0.15, 0.2) is 0 Å². The van der Waals surface area contributed by atoms with Gasteiger partial charge in [0.1, 0.15) is 0 Å². The fourth-order valence-electron chi connectivity index (χ4n) is 2.30. The topological polar surface area (TPSA) is 9.23 Å². The first kappa shape index (κ1) is 15.2. The molecule has 1 aliphatic carbocycles. The van der Waals surface area contributed by atoms with Crippen molar-refractivity contribution in [3.63, 3.8) is 0 Å². The normalized spacial score (nSPS) is 21.2. The van der Waals surface area contributed by atoms with Gasteiger partial charge in [0, 0.05) is 5.41 Å². The minimum atomic E-state index is -4.11. The Morgan fingerprint density at radius 1 is 1.06 bits per heavy atom. The Kier molecular flexibility index (Phi) is 6.13. The van der Waals surface area contributed by atoms with Gasteiger partial charge in [-0.05, 0) is 18.6 Å². The van der Waals surface area contributed by atoms with Crippen molar-refractivity contribution in [2.75, 3.05) is 19.0 Å². The van der Waals surface area contributed by atoms with Gasteiger partial charge in [-0.25, -0.2) is 0 Å². The first-order chi connectivity index (χ1) is 7.97. The maximum Gasteiger partial charge on any atom is 0.391 e. The smallest absolute Gasteiger partial charge is 0.380 e. The molecule has 17 heavy (non-hydrogen) atoms. The van der Waals surface area contributed by atoms with Gasteiger partial charge in [0.15, 0.2) is 0 Å². The number of rotatable bonds is 5. The van der Waals surface area contributed by atoms with Crippen molar-refractivity contribution in [2.24, 2.45) is 5.41 Å². The summed E-state index contributed by atoms with van der Waals surface area (Å²) < 4.78 is 41.1. The highest BCUT2D eigenvalue weighted by Crippen LogP contribution is 2.36. The summed E-state index contributed by atoms with van der Waals surface area (Å²) in [6.45, 7) is 0.200.